The molecule has 15 nitrogen and oxygen atoms in total. The van der Waals surface area contributed by atoms with Crippen molar-refractivity contribution in [3.63, 3.8) is 0 Å². The number of aliphatic carboxylic acids is 2. The fourth-order valence-corrected chi connectivity index (χ4v) is 2.64. The smallest absolute Gasteiger partial charge is 0.326 e. The minimum Gasteiger partial charge on any atom is -0.481 e. The zero-order valence-corrected chi connectivity index (χ0v) is 18.7. The number of nitrogens with zero attached hydrogens (tertiary/aromatic N) is 1. The van der Waals surface area contributed by atoms with Crippen molar-refractivity contribution in [1.29, 1.82) is 0 Å². The van der Waals surface area contributed by atoms with Crippen LogP contribution in [0.25, 0.3) is 0 Å². The summed E-state index contributed by atoms with van der Waals surface area (Å²) in [6.07, 6.45) is -0.298. The number of thiol groups is 1. The minimum absolute atomic E-state index is 0.00858. The maximum atomic E-state index is 12.4. The molecule has 0 aromatic carbocycles. The summed E-state index contributed by atoms with van der Waals surface area (Å²) in [7, 11) is 0. The number of carbonyl (C=O) groups excluding carboxylic acids is 3. The first kappa shape index (κ1) is 29.9. The summed E-state index contributed by atoms with van der Waals surface area (Å²) in [5.41, 5.74) is 15.9. The zero-order valence-electron chi connectivity index (χ0n) is 17.8. The zero-order chi connectivity index (χ0) is 25.6. The molecule has 0 saturated heterocycles. The molecule has 0 spiro atoms. The molecule has 3 amide bonds. The van der Waals surface area contributed by atoms with Crippen molar-refractivity contribution in [2.75, 3.05) is 18.9 Å². The van der Waals surface area contributed by atoms with Gasteiger partial charge in [-0.3, -0.25) is 24.2 Å². The Morgan fingerprint density at radius 1 is 0.879 bits per heavy atom. The summed E-state index contributed by atoms with van der Waals surface area (Å²) in [5, 5.41) is 34.0. The lowest BCUT2D eigenvalue weighted by Gasteiger charge is -2.23. The van der Waals surface area contributed by atoms with Crippen molar-refractivity contribution in [2.24, 2.45) is 22.2 Å². The molecule has 0 aromatic heterocycles. The minimum atomic E-state index is -1.49. The van der Waals surface area contributed by atoms with Gasteiger partial charge in [0, 0.05) is 18.7 Å². The fraction of sp³-hybridized carbons (Fsp3) is 0.647. The van der Waals surface area contributed by atoms with Gasteiger partial charge < -0.3 is 48.5 Å². The van der Waals surface area contributed by atoms with Crippen LogP contribution in [0, 0.1) is 0 Å². The van der Waals surface area contributed by atoms with Gasteiger partial charge in [-0.1, -0.05) is 0 Å². The third kappa shape index (κ3) is 12.5. The average molecular weight is 494 g/mol. The first-order chi connectivity index (χ1) is 15.4. The molecule has 0 radical (unpaired) electrons. The molecule has 33 heavy (non-hydrogen) atoms. The fourth-order valence-electron chi connectivity index (χ4n) is 2.38. The van der Waals surface area contributed by atoms with Crippen LogP contribution < -0.4 is 33.2 Å². The highest BCUT2D eigenvalue weighted by Gasteiger charge is 2.29. The van der Waals surface area contributed by atoms with Crippen molar-refractivity contribution in [3.8, 4) is 0 Å². The highest BCUT2D eigenvalue weighted by molar-refractivity contribution is 7.80. The topological polar surface area (TPSA) is 273 Å². The number of amides is 3. The van der Waals surface area contributed by atoms with E-state index in [9.17, 15) is 34.2 Å². The third-order valence-electron chi connectivity index (χ3n) is 4.20. The van der Waals surface area contributed by atoms with Gasteiger partial charge in [0.1, 0.15) is 18.1 Å². The molecule has 0 fully saturated rings. The molecule has 4 atom stereocenters. The number of carboxylic acids is 2. The monoisotopic (exact) mass is 493 g/mol. The predicted octanol–water partition coefficient (Wildman–Crippen LogP) is -4.31. The first-order valence-electron chi connectivity index (χ1n) is 9.81. The van der Waals surface area contributed by atoms with E-state index in [0.29, 0.717) is 0 Å². The van der Waals surface area contributed by atoms with Crippen LogP contribution >= 0.6 is 12.6 Å². The van der Waals surface area contributed by atoms with E-state index < -0.39 is 60.4 Å². The second-order valence-corrected chi connectivity index (χ2v) is 7.24. The lowest BCUT2D eigenvalue weighted by atomic mass is 10.1. The molecule has 0 aliphatic carbocycles. The Balaban J connectivity index is 4.94. The predicted molar refractivity (Wildman–Crippen MR) is 119 cm³/mol. The normalized spacial score (nSPS) is 14.2. The Labute approximate surface area is 194 Å². The van der Waals surface area contributed by atoms with Gasteiger partial charge >= 0.3 is 11.9 Å². The lowest BCUT2D eigenvalue weighted by Crippen LogP contribution is -2.58. The molecular formula is C17H31N7O8S. The summed E-state index contributed by atoms with van der Waals surface area (Å²) >= 11 is 3.97. The van der Waals surface area contributed by atoms with Gasteiger partial charge in [-0.2, -0.15) is 12.6 Å². The molecule has 0 aliphatic rings. The van der Waals surface area contributed by atoms with E-state index in [1.54, 1.807) is 0 Å². The van der Waals surface area contributed by atoms with Gasteiger partial charge in [0.2, 0.25) is 17.7 Å². The Bertz CT molecular complexity index is 732. The molecule has 0 heterocycles. The van der Waals surface area contributed by atoms with Crippen molar-refractivity contribution in [3.05, 3.63) is 0 Å². The molecule has 12 N–H and O–H groups in total. The summed E-state index contributed by atoms with van der Waals surface area (Å²) < 4.78 is 0. The van der Waals surface area contributed by atoms with Gasteiger partial charge in [-0.05, 0) is 19.3 Å². The number of hydrogen-bond acceptors (Lipinski definition) is 9. The number of aliphatic hydroxyl groups is 1. The highest BCUT2D eigenvalue weighted by Crippen LogP contribution is 2.01. The van der Waals surface area contributed by atoms with E-state index in [4.69, 9.17) is 22.3 Å². The molecule has 0 saturated carbocycles. The van der Waals surface area contributed by atoms with E-state index in [2.05, 4.69) is 33.6 Å². The summed E-state index contributed by atoms with van der Waals surface area (Å²) in [6, 6.07) is -5.29. The average Bonchev–Trinajstić information content (AvgIpc) is 2.74. The second-order valence-electron chi connectivity index (χ2n) is 6.87. The molecule has 0 aliphatic heterocycles. The van der Waals surface area contributed by atoms with Crippen molar-refractivity contribution >= 4 is 48.2 Å². The molecule has 0 rings (SSSR count). The lowest BCUT2D eigenvalue weighted by molar-refractivity contribution is -0.142. The summed E-state index contributed by atoms with van der Waals surface area (Å²) in [4.78, 5) is 62.5. The van der Waals surface area contributed by atoms with Crippen molar-refractivity contribution in [1.82, 2.24) is 16.0 Å². The Kier molecular flexibility index (Phi) is 14.2. The van der Waals surface area contributed by atoms with Crippen LogP contribution in [0.5, 0.6) is 0 Å². The van der Waals surface area contributed by atoms with Crippen LogP contribution in [0.1, 0.15) is 25.7 Å². The van der Waals surface area contributed by atoms with E-state index >= 15 is 0 Å². The molecule has 16 heteroatoms. The first-order valence-corrected chi connectivity index (χ1v) is 10.4. The van der Waals surface area contributed by atoms with Gasteiger partial charge in [0.25, 0.3) is 0 Å². The maximum Gasteiger partial charge on any atom is 0.326 e. The Morgan fingerprint density at radius 3 is 1.91 bits per heavy atom. The quantitative estimate of drug-likeness (QED) is 0.0425. The van der Waals surface area contributed by atoms with Crippen LogP contribution in [0.2, 0.25) is 0 Å². The van der Waals surface area contributed by atoms with E-state index in [1.807, 2.05) is 0 Å². The Morgan fingerprint density at radius 2 is 1.42 bits per heavy atom. The van der Waals surface area contributed by atoms with E-state index in [0.717, 1.165) is 0 Å². The number of nitrogens with two attached hydrogens (primary N) is 3. The van der Waals surface area contributed by atoms with E-state index in [1.165, 1.54) is 0 Å². The van der Waals surface area contributed by atoms with Crippen LogP contribution in [0.4, 0.5) is 0 Å². The van der Waals surface area contributed by atoms with Crippen LogP contribution in [-0.2, 0) is 24.0 Å². The summed E-state index contributed by atoms with van der Waals surface area (Å²) in [5.74, 6) is -5.52. The maximum absolute atomic E-state index is 12.4. The summed E-state index contributed by atoms with van der Waals surface area (Å²) in [6.45, 7) is -0.687. The van der Waals surface area contributed by atoms with Crippen LogP contribution in [-0.4, -0.2) is 94.0 Å². The number of rotatable bonds is 16. The Hall–Kier alpha value is -3.11. The number of nitrogens with one attached hydrogen (secondary N) is 3. The number of carboxylic acid groups (broad SMARTS) is 2. The molecular weight excluding hydrogens is 462 g/mol. The number of carbonyl (C=O) groups is 5. The van der Waals surface area contributed by atoms with Crippen molar-refractivity contribution < 1.29 is 39.3 Å². The van der Waals surface area contributed by atoms with Crippen molar-refractivity contribution in [2.45, 2.75) is 49.9 Å². The number of aliphatic hydroxyl groups excluding tert-OH is 1. The highest BCUT2D eigenvalue weighted by atomic mass is 32.1. The second kappa shape index (κ2) is 15.7. The van der Waals surface area contributed by atoms with Gasteiger partial charge in [0.15, 0.2) is 5.96 Å². The number of aliphatic imine (C=N–C) groups is 1. The molecule has 188 valence electrons. The van der Waals surface area contributed by atoms with Gasteiger partial charge in [-0.15, -0.1) is 0 Å². The molecule has 0 aromatic rings. The molecule has 4 unspecified atom stereocenters. The van der Waals surface area contributed by atoms with Gasteiger partial charge in [0.05, 0.1) is 12.6 Å². The standard InChI is InChI=1S/C17H31N7O8S/c18-8(3-4-12(26)27)13(28)23-10(6-25)14(29)24-11(7-33)15(30)22-9(16(31)32)2-1-5-21-17(19)20/h8-11,25,33H,1-7,18H2,(H,22,30)(H,23,28)(H,24,29)(H,26,27)(H,31,32)(H4,19,20,21). The van der Waals surface area contributed by atoms with Gasteiger partial charge in [-0.25, -0.2) is 4.79 Å². The number of hydrogen-bond donors (Lipinski definition) is 10. The molecule has 0 bridgehead atoms. The third-order valence-corrected chi connectivity index (χ3v) is 4.56. The van der Waals surface area contributed by atoms with Crippen LogP contribution in [0.15, 0.2) is 4.99 Å². The van der Waals surface area contributed by atoms with Crippen LogP contribution in [0.3, 0.4) is 0 Å². The number of guanidine groups is 1. The largest absolute Gasteiger partial charge is 0.481 e. The van der Waals surface area contributed by atoms with E-state index in [-0.39, 0.29) is 43.9 Å². The SMILES string of the molecule is NC(N)=NCCCC(NC(=O)C(CS)NC(=O)C(CO)NC(=O)C(N)CCC(=O)O)C(=O)O.